The summed E-state index contributed by atoms with van der Waals surface area (Å²) in [5, 5.41) is 5.00. The molecule has 2 aromatic heterocycles. The number of H-pyrrole nitrogens is 2. The first-order valence-electron chi connectivity index (χ1n) is 9.45. The van der Waals surface area contributed by atoms with Crippen LogP contribution in [0.25, 0.3) is 21.9 Å². The van der Waals surface area contributed by atoms with Crippen molar-refractivity contribution in [3.05, 3.63) is 50.7 Å². The van der Waals surface area contributed by atoms with Gasteiger partial charge in [-0.25, -0.2) is 4.79 Å². The largest absolute Gasteiger partial charge is 0.497 e. The Labute approximate surface area is 161 Å². The maximum absolute atomic E-state index is 12.9. The molecule has 28 heavy (non-hydrogen) atoms. The molecule has 0 bridgehead atoms. The fourth-order valence-electron chi connectivity index (χ4n) is 4.27. The van der Waals surface area contributed by atoms with Gasteiger partial charge in [-0.2, -0.15) is 5.10 Å². The van der Waals surface area contributed by atoms with E-state index in [9.17, 15) is 9.59 Å². The molecule has 0 saturated carbocycles. The minimum Gasteiger partial charge on any atom is -0.497 e. The summed E-state index contributed by atoms with van der Waals surface area (Å²) < 4.78 is 6.14. The maximum Gasteiger partial charge on any atom is 0.350 e. The highest BCUT2D eigenvalue weighted by molar-refractivity contribution is 6.04. The topological polar surface area (TPSA) is 92.2 Å². The fraction of sp³-hybridized carbons (Fsp3) is 0.381. The first kappa shape index (κ1) is 18.3. The van der Waals surface area contributed by atoms with Crippen LogP contribution >= 0.6 is 0 Å². The molecule has 0 aliphatic heterocycles. The van der Waals surface area contributed by atoms with Crippen LogP contribution in [0, 0.1) is 17.8 Å². The molecule has 1 aliphatic carbocycles. The Morgan fingerprint density at radius 1 is 1.21 bits per heavy atom. The van der Waals surface area contributed by atoms with E-state index in [1.165, 1.54) is 5.57 Å². The molecule has 1 aliphatic rings. The van der Waals surface area contributed by atoms with Gasteiger partial charge in [0.25, 0.3) is 0 Å². The Morgan fingerprint density at radius 3 is 2.71 bits per heavy atom. The van der Waals surface area contributed by atoms with Gasteiger partial charge < -0.3 is 14.7 Å². The van der Waals surface area contributed by atoms with Gasteiger partial charge in [-0.1, -0.05) is 25.5 Å². The molecule has 2 N–H and O–H groups in total. The number of fused-ring (bicyclic) bond motifs is 3. The second-order valence-electron chi connectivity index (χ2n) is 7.73. The SMILES string of the molecule is COc1ccc2[nH]c3c(=O)n(/N=C/[C@H]4C(C)C=C(C)CC4C)c(=O)[nH]c3c2c1. The van der Waals surface area contributed by atoms with Crippen LogP contribution in [0.5, 0.6) is 5.75 Å². The van der Waals surface area contributed by atoms with Crippen molar-refractivity contribution in [3.63, 3.8) is 0 Å². The lowest BCUT2D eigenvalue weighted by atomic mass is 9.76. The molecule has 1 aromatic carbocycles. The van der Waals surface area contributed by atoms with E-state index in [2.05, 4.69) is 41.9 Å². The van der Waals surface area contributed by atoms with Crippen molar-refractivity contribution in [1.29, 1.82) is 0 Å². The van der Waals surface area contributed by atoms with Gasteiger partial charge in [0.15, 0.2) is 0 Å². The van der Waals surface area contributed by atoms with Gasteiger partial charge in [-0.15, -0.1) is 4.68 Å². The molecule has 4 rings (SSSR count). The lowest BCUT2D eigenvalue weighted by Gasteiger charge is -2.29. The molecule has 3 atom stereocenters. The van der Waals surface area contributed by atoms with Crippen molar-refractivity contribution in [2.45, 2.75) is 27.2 Å². The number of hydrogen-bond acceptors (Lipinski definition) is 4. The number of aromatic amines is 2. The zero-order valence-corrected chi connectivity index (χ0v) is 16.4. The fourth-order valence-corrected chi connectivity index (χ4v) is 4.27. The van der Waals surface area contributed by atoms with Crippen LogP contribution < -0.4 is 16.0 Å². The summed E-state index contributed by atoms with van der Waals surface area (Å²) in [5.74, 6) is 1.55. The molecule has 0 spiro atoms. The summed E-state index contributed by atoms with van der Waals surface area (Å²) in [6, 6.07) is 5.41. The summed E-state index contributed by atoms with van der Waals surface area (Å²) in [5.41, 5.74) is 1.89. The molecule has 0 saturated heterocycles. The van der Waals surface area contributed by atoms with E-state index < -0.39 is 11.2 Å². The van der Waals surface area contributed by atoms with Crippen molar-refractivity contribution >= 4 is 28.2 Å². The van der Waals surface area contributed by atoms with Gasteiger partial charge in [-0.3, -0.25) is 4.79 Å². The molecular formula is C21H24N4O3. The van der Waals surface area contributed by atoms with Crippen molar-refractivity contribution in [2.24, 2.45) is 22.9 Å². The van der Waals surface area contributed by atoms with Crippen LogP contribution in [-0.4, -0.2) is 28.0 Å². The van der Waals surface area contributed by atoms with E-state index in [0.717, 1.165) is 22.0 Å². The van der Waals surface area contributed by atoms with Crippen LogP contribution in [0.15, 0.2) is 44.5 Å². The molecule has 7 heteroatoms. The normalized spacial score (nSPS) is 22.9. The number of aromatic nitrogens is 3. The lowest BCUT2D eigenvalue weighted by molar-refractivity contribution is 0.361. The predicted octanol–water partition coefficient (Wildman–Crippen LogP) is 3.25. The van der Waals surface area contributed by atoms with Crippen molar-refractivity contribution in [1.82, 2.24) is 14.6 Å². The average Bonchev–Trinajstić information content (AvgIpc) is 3.01. The van der Waals surface area contributed by atoms with Crippen LogP contribution in [0.1, 0.15) is 27.2 Å². The third-order valence-corrected chi connectivity index (χ3v) is 5.65. The van der Waals surface area contributed by atoms with Crippen molar-refractivity contribution in [3.8, 4) is 5.75 Å². The number of methoxy groups -OCH3 is 1. The van der Waals surface area contributed by atoms with Gasteiger partial charge in [0, 0.05) is 23.0 Å². The summed E-state index contributed by atoms with van der Waals surface area (Å²) in [6.45, 7) is 6.44. The summed E-state index contributed by atoms with van der Waals surface area (Å²) in [7, 11) is 1.57. The van der Waals surface area contributed by atoms with E-state index in [4.69, 9.17) is 4.74 Å². The van der Waals surface area contributed by atoms with Gasteiger partial charge in [-0.05, 0) is 43.4 Å². The zero-order chi connectivity index (χ0) is 20.0. The average molecular weight is 380 g/mol. The Morgan fingerprint density at radius 2 is 2.00 bits per heavy atom. The number of hydrogen-bond donors (Lipinski definition) is 2. The van der Waals surface area contributed by atoms with Gasteiger partial charge in [0.05, 0.1) is 12.6 Å². The summed E-state index contributed by atoms with van der Waals surface area (Å²) in [4.78, 5) is 31.4. The Hall–Kier alpha value is -3.09. The molecule has 2 heterocycles. The Kier molecular flexibility index (Phi) is 4.45. The van der Waals surface area contributed by atoms with Crippen molar-refractivity contribution < 1.29 is 4.74 Å². The quantitative estimate of drug-likeness (QED) is 0.540. The monoisotopic (exact) mass is 380 g/mol. The second kappa shape index (κ2) is 6.82. The first-order chi connectivity index (χ1) is 13.4. The number of ether oxygens (including phenoxy) is 1. The molecule has 0 amide bonds. The highest BCUT2D eigenvalue weighted by Gasteiger charge is 2.25. The first-order valence-corrected chi connectivity index (χ1v) is 9.45. The lowest BCUT2D eigenvalue weighted by Crippen LogP contribution is -2.33. The van der Waals surface area contributed by atoms with E-state index in [1.54, 1.807) is 25.5 Å². The molecule has 0 fully saturated rings. The number of rotatable bonds is 3. The van der Waals surface area contributed by atoms with E-state index in [-0.39, 0.29) is 5.92 Å². The number of benzene rings is 1. The minimum absolute atomic E-state index is 0.178. The van der Waals surface area contributed by atoms with Crippen LogP contribution in [-0.2, 0) is 0 Å². The second-order valence-corrected chi connectivity index (χ2v) is 7.73. The number of nitrogens with zero attached hydrogens (tertiary/aromatic N) is 2. The third-order valence-electron chi connectivity index (χ3n) is 5.65. The maximum atomic E-state index is 12.9. The minimum atomic E-state index is -0.555. The molecule has 0 radical (unpaired) electrons. The van der Waals surface area contributed by atoms with Crippen LogP contribution in [0.2, 0.25) is 0 Å². The van der Waals surface area contributed by atoms with Gasteiger partial charge in [0.2, 0.25) is 0 Å². The molecule has 146 valence electrons. The zero-order valence-electron chi connectivity index (χ0n) is 16.4. The Balaban J connectivity index is 1.81. The van der Waals surface area contributed by atoms with Gasteiger partial charge >= 0.3 is 11.2 Å². The standard InChI is InChI=1S/C21H24N4O3/c1-11-7-12(2)16(13(3)8-11)10-22-25-20(26)19-18(24-21(25)27)15-9-14(28-4)5-6-17(15)23-19/h5-7,9-10,12-13,16,23H,8H2,1-4H3,(H,24,27)/b22-10+/t12?,13?,16-/m0/s1. The third kappa shape index (κ3) is 2.96. The molecular weight excluding hydrogens is 356 g/mol. The summed E-state index contributed by atoms with van der Waals surface area (Å²) >= 11 is 0. The molecule has 3 aromatic rings. The van der Waals surface area contributed by atoms with E-state index >= 15 is 0 Å². The van der Waals surface area contributed by atoms with E-state index in [1.807, 2.05) is 6.07 Å². The van der Waals surface area contributed by atoms with Crippen LogP contribution in [0.3, 0.4) is 0 Å². The molecule has 2 unspecified atom stereocenters. The molecule has 7 nitrogen and oxygen atoms in total. The highest BCUT2D eigenvalue weighted by atomic mass is 16.5. The smallest absolute Gasteiger partial charge is 0.350 e. The van der Waals surface area contributed by atoms with E-state index in [0.29, 0.717) is 28.6 Å². The summed E-state index contributed by atoms with van der Waals surface area (Å²) in [6.07, 6.45) is 4.97. The Bertz CT molecular complexity index is 1230. The van der Waals surface area contributed by atoms with Gasteiger partial charge in [0.1, 0.15) is 11.3 Å². The number of nitrogens with one attached hydrogen (secondary N) is 2. The highest BCUT2D eigenvalue weighted by Crippen LogP contribution is 2.32. The number of allylic oxidation sites excluding steroid dienone is 2. The van der Waals surface area contributed by atoms with Crippen LogP contribution in [0.4, 0.5) is 0 Å². The van der Waals surface area contributed by atoms with Crippen molar-refractivity contribution in [2.75, 3.05) is 7.11 Å². The predicted molar refractivity (Wildman–Crippen MR) is 111 cm³/mol.